The number of hydrogen-bond donors (Lipinski definition) is 0. The first kappa shape index (κ1) is 13.5. The number of halogens is 1. The monoisotopic (exact) mass is 281 g/mol. The summed E-state index contributed by atoms with van der Waals surface area (Å²) < 4.78 is -0.461. The zero-order valence-electron chi connectivity index (χ0n) is 10.7. The van der Waals surface area contributed by atoms with Crippen LogP contribution in [0.1, 0.15) is 18.4 Å². The minimum absolute atomic E-state index is 0.0923. The Labute approximate surface area is 117 Å². The standard InChI is InChI=1S/C14H16ClNOS/c1-14(13(17)16(2)3)12(8-9-18-14)10-4-6-11(15)7-5-10/h4-9,12H,1-3H3. The molecule has 1 heterocycles. The van der Waals surface area contributed by atoms with Crippen LogP contribution in [-0.4, -0.2) is 29.6 Å². The van der Waals surface area contributed by atoms with Crippen molar-refractivity contribution in [3.05, 3.63) is 46.3 Å². The third kappa shape index (κ3) is 2.29. The molecule has 0 saturated carbocycles. The van der Waals surface area contributed by atoms with E-state index in [9.17, 15) is 4.79 Å². The van der Waals surface area contributed by atoms with Gasteiger partial charge in [-0.15, -0.1) is 11.8 Å². The summed E-state index contributed by atoms with van der Waals surface area (Å²) in [6.07, 6.45) is 2.09. The second-order valence-corrected chi connectivity index (χ2v) is 6.57. The Morgan fingerprint density at radius 1 is 1.33 bits per heavy atom. The molecule has 0 bridgehead atoms. The van der Waals surface area contributed by atoms with Crippen LogP contribution in [0.5, 0.6) is 0 Å². The van der Waals surface area contributed by atoms with Crippen LogP contribution in [-0.2, 0) is 4.79 Å². The lowest BCUT2D eigenvalue weighted by molar-refractivity contribution is -0.131. The normalized spacial score (nSPS) is 26.3. The van der Waals surface area contributed by atoms with Gasteiger partial charge in [0.05, 0.1) is 0 Å². The maximum absolute atomic E-state index is 12.4. The molecule has 1 amide bonds. The quantitative estimate of drug-likeness (QED) is 0.826. The molecule has 0 aliphatic carbocycles. The smallest absolute Gasteiger partial charge is 0.239 e. The Hall–Kier alpha value is -0.930. The van der Waals surface area contributed by atoms with Gasteiger partial charge in [-0.2, -0.15) is 0 Å². The second-order valence-electron chi connectivity index (χ2n) is 4.78. The first-order valence-electron chi connectivity index (χ1n) is 5.77. The first-order valence-corrected chi connectivity index (χ1v) is 7.02. The van der Waals surface area contributed by atoms with Gasteiger partial charge in [-0.25, -0.2) is 0 Å². The molecule has 4 heteroatoms. The lowest BCUT2D eigenvalue weighted by Gasteiger charge is -2.32. The molecule has 96 valence electrons. The molecule has 0 fully saturated rings. The summed E-state index contributed by atoms with van der Waals surface area (Å²) in [5.41, 5.74) is 1.12. The number of nitrogens with zero attached hydrogens (tertiary/aromatic N) is 1. The molecule has 0 N–H and O–H groups in total. The van der Waals surface area contributed by atoms with E-state index in [1.165, 1.54) is 0 Å². The van der Waals surface area contributed by atoms with Crippen molar-refractivity contribution in [2.45, 2.75) is 17.6 Å². The van der Waals surface area contributed by atoms with Crippen LogP contribution in [0.15, 0.2) is 35.7 Å². The van der Waals surface area contributed by atoms with E-state index < -0.39 is 4.75 Å². The Bertz CT molecular complexity index is 483. The van der Waals surface area contributed by atoms with Gasteiger partial charge in [0.25, 0.3) is 0 Å². The van der Waals surface area contributed by atoms with Crippen LogP contribution in [0.25, 0.3) is 0 Å². The van der Waals surface area contributed by atoms with E-state index in [0.29, 0.717) is 5.02 Å². The summed E-state index contributed by atoms with van der Waals surface area (Å²) in [6, 6.07) is 7.72. The van der Waals surface area contributed by atoms with Crippen molar-refractivity contribution < 1.29 is 4.79 Å². The van der Waals surface area contributed by atoms with Crippen molar-refractivity contribution in [2.75, 3.05) is 14.1 Å². The van der Waals surface area contributed by atoms with Crippen molar-refractivity contribution >= 4 is 29.3 Å². The van der Waals surface area contributed by atoms with Gasteiger partial charge in [-0.1, -0.05) is 29.8 Å². The van der Waals surface area contributed by atoms with E-state index in [0.717, 1.165) is 5.56 Å². The number of amides is 1. The lowest BCUT2D eigenvalue weighted by Crippen LogP contribution is -2.43. The van der Waals surface area contributed by atoms with E-state index in [1.54, 1.807) is 30.8 Å². The van der Waals surface area contributed by atoms with Gasteiger partial charge < -0.3 is 4.90 Å². The van der Waals surface area contributed by atoms with Crippen LogP contribution in [0.3, 0.4) is 0 Å². The second kappa shape index (κ2) is 4.98. The predicted molar refractivity (Wildman–Crippen MR) is 78.0 cm³/mol. The maximum Gasteiger partial charge on any atom is 0.239 e. The number of carbonyl (C=O) groups excluding carboxylic acids is 1. The number of allylic oxidation sites excluding steroid dienone is 1. The largest absolute Gasteiger partial charge is 0.348 e. The van der Waals surface area contributed by atoms with Gasteiger partial charge in [0.15, 0.2) is 0 Å². The summed E-state index contributed by atoms with van der Waals surface area (Å²) in [5, 5.41) is 2.73. The summed E-state index contributed by atoms with van der Waals surface area (Å²) >= 11 is 7.49. The van der Waals surface area contributed by atoms with Crippen LogP contribution < -0.4 is 0 Å². The number of rotatable bonds is 2. The van der Waals surface area contributed by atoms with Crippen molar-refractivity contribution in [1.29, 1.82) is 0 Å². The Kier molecular flexibility index (Phi) is 3.74. The third-order valence-corrected chi connectivity index (χ3v) is 4.70. The molecule has 0 spiro atoms. The van der Waals surface area contributed by atoms with Crippen molar-refractivity contribution in [2.24, 2.45) is 0 Å². The fourth-order valence-corrected chi connectivity index (χ4v) is 3.53. The Balaban J connectivity index is 2.34. The molecule has 0 radical (unpaired) electrons. The lowest BCUT2D eigenvalue weighted by atomic mass is 9.86. The minimum atomic E-state index is -0.461. The zero-order chi connectivity index (χ0) is 13.3. The first-order chi connectivity index (χ1) is 8.45. The number of carbonyl (C=O) groups is 1. The van der Waals surface area contributed by atoms with E-state index in [1.807, 2.05) is 36.6 Å². The maximum atomic E-state index is 12.4. The van der Waals surface area contributed by atoms with E-state index >= 15 is 0 Å². The topological polar surface area (TPSA) is 20.3 Å². The van der Waals surface area contributed by atoms with Crippen LogP contribution in [0.2, 0.25) is 5.02 Å². The Morgan fingerprint density at radius 3 is 2.50 bits per heavy atom. The molecule has 2 atom stereocenters. The highest BCUT2D eigenvalue weighted by atomic mass is 35.5. The average molecular weight is 282 g/mol. The highest BCUT2D eigenvalue weighted by molar-refractivity contribution is 8.04. The van der Waals surface area contributed by atoms with E-state index in [2.05, 4.69) is 6.08 Å². The number of benzene rings is 1. The van der Waals surface area contributed by atoms with Crippen molar-refractivity contribution in [3.8, 4) is 0 Å². The van der Waals surface area contributed by atoms with Gasteiger partial charge >= 0.3 is 0 Å². The van der Waals surface area contributed by atoms with Crippen LogP contribution in [0, 0.1) is 0 Å². The zero-order valence-corrected chi connectivity index (χ0v) is 12.3. The molecular weight excluding hydrogens is 266 g/mol. The minimum Gasteiger partial charge on any atom is -0.348 e. The summed E-state index contributed by atoms with van der Waals surface area (Å²) in [7, 11) is 3.59. The predicted octanol–water partition coefficient (Wildman–Crippen LogP) is 3.53. The van der Waals surface area contributed by atoms with Crippen LogP contribution in [0.4, 0.5) is 0 Å². The van der Waals surface area contributed by atoms with Gasteiger partial charge in [0, 0.05) is 25.0 Å². The molecule has 2 nitrogen and oxygen atoms in total. The van der Waals surface area contributed by atoms with E-state index in [-0.39, 0.29) is 11.8 Å². The molecule has 1 aromatic rings. The Morgan fingerprint density at radius 2 is 1.94 bits per heavy atom. The molecule has 0 saturated heterocycles. The van der Waals surface area contributed by atoms with Gasteiger partial charge in [-0.05, 0) is 30.0 Å². The molecule has 18 heavy (non-hydrogen) atoms. The summed E-state index contributed by atoms with van der Waals surface area (Å²) in [6.45, 7) is 2.00. The van der Waals surface area contributed by atoms with Crippen molar-refractivity contribution in [3.63, 3.8) is 0 Å². The average Bonchev–Trinajstić information content (AvgIpc) is 2.72. The third-order valence-electron chi connectivity index (χ3n) is 3.24. The van der Waals surface area contributed by atoms with E-state index in [4.69, 9.17) is 11.6 Å². The number of hydrogen-bond acceptors (Lipinski definition) is 2. The molecule has 0 aromatic heterocycles. The molecular formula is C14H16ClNOS. The highest BCUT2D eigenvalue weighted by Crippen LogP contribution is 2.47. The fourth-order valence-electron chi connectivity index (χ4n) is 2.24. The van der Waals surface area contributed by atoms with Crippen molar-refractivity contribution in [1.82, 2.24) is 4.90 Å². The van der Waals surface area contributed by atoms with Gasteiger partial charge in [0.2, 0.25) is 5.91 Å². The SMILES string of the molecule is CN(C)C(=O)C1(C)SC=CC1c1ccc(Cl)cc1. The summed E-state index contributed by atoms with van der Waals surface area (Å²) in [5.74, 6) is 0.229. The molecule has 2 rings (SSSR count). The fraction of sp³-hybridized carbons (Fsp3) is 0.357. The number of thioether (sulfide) groups is 1. The van der Waals surface area contributed by atoms with Crippen LogP contribution >= 0.6 is 23.4 Å². The molecule has 1 aromatic carbocycles. The van der Waals surface area contributed by atoms with Gasteiger partial charge in [-0.3, -0.25) is 4.79 Å². The summed E-state index contributed by atoms with van der Waals surface area (Å²) in [4.78, 5) is 14.0. The highest BCUT2D eigenvalue weighted by Gasteiger charge is 2.44. The van der Waals surface area contributed by atoms with Gasteiger partial charge in [0.1, 0.15) is 4.75 Å². The molecule has 2 unspecified atom stereocenters. The molecule has 1 aliphatic rings. The molecule has 1 aliphatic heterocycles.